The highest BCUT2D eigenvalue weighted by Gasteiger charge is 1.79. The smallest absolute Gasteiger partial charge is 0.220 e. The third-order valence-electron chi connectivity index (χ3n) is 0.182. The van der Waals surface area contributed by atoms with Gasteiger partial charge >= 0.3 is 0 Å². The SMILES string of the molecule is CN=NS(=O)(=O)[O-]. The molecule has 0 spiro atoms. The summed E-state index contributed by atoms with van der Waals surface area (Å²) >= 11 is 0. The van der Waals surface area contributed by atoms with E-state index in [9.17, 15) is 13.0 Å². The molecule has 0 amide bonds. The molecule has 0 saturated heterocycles. The molecule has 0 aliphatic rings. The molecule has 0 unspecified atom stereocenters. The molecular weight excluding hydrogens is 120 g/mol. The molecular formula is CH3N2O3S-. The van der Waals surface area contributed by atoms with Gasteiger partial charge in [-0.2, -0.15) is 5.11 Å². The summed E-state index contributed by atoms with van der Waals surface area (Å²) in [4.78, 5) is 0. The van der Waals surface area contributed by atoms with E-state index in [1.165, 1.54) is 0 Å². The van der Waals surface area contributed by atoms with Crippen molar-refractivity contribution in [2.24, 2.45) is 9.63 Å². The van der Waals surface area contributed by atoms with Crippen molar-refractivity contribution in [2.75, 3.05) is 7.05 Å². The fourth-order valence-electron chi connectivity index (χ4n) is 0.100. The lowest BCUT2D eigenvalue weighted by Crippen LogP contribution is -1.88. The molecule has 7 heavy (non-hydrogen) atoms. The molecule has 0 aromatic heterocycles. The van der Waals surface area contributed by atoms with Crippen molar-refractivity contribution in [3.63, 3.8) is 0 Å². The molecule has 0 saturated carbocycles. The van der Waals surface area contributed by atoms with Gasteiger partial charge in [0.1, 0.15) is 0 Å². The van der Waals surface area contributed by atoms with Gasteiger partial charge in [-0.05, 0) is 0 Å². The number of hydrogen-bond acceptors (Lipinski definition) is 4. The van der Waals surface area contributed by atoms with Crippen LogP contribution >= 0.6 is 0 Å². The molecule has 0 atom stereocenters. The van der Waals surface area contributed by atoms with Crippen molar-refractivity contribution in [1.82, 2.24) is 0 Å². The van der Waals surface area contributed by atoms with E-state index in [-0.39, 0.29) is 0 Å². The monoisotopic (exact) mass is 123 g/mol. The summed E-state index contributed by atoms with van der Waals surface area (Å²) in [5.41, 5.74) is 0. The minimum absolute atomic E-state index is 1.11. The van der Waals surface area contributed by atoms with Gasteiger partial charge in [-0.15, -0.1) is 0 Å². The van der Waals surface area contributed by atoms with Crippen molar-refractivity contribution >= 4 is 10.3 Å². The summed E-state index contributed by atoms with van der Waals surface area (Å²) in [5.74, 6) is 0. The lowest BCUT2D eigenvalue weighted by Gasteiger charge is -1.91. The van der Waals surface area contributed by atoms with Gasteiger partial charge in [0.05, 0.1) is 0 Å². The van der Waals surface area contributed by atoms with Crippen LogP contribution in [0, 0.1) is 0 Å². The normalized spacial score (nSPS) is 12.9. The second kappa shape index (κ2) is 1.99. The minimum Gasteiger partial charge on any atom is -0.728 e. The quantitative estimate of drug-likeness (QED) is 0.349. The predicted molar refractivity (Wildman–Crippen MR) is 20.5 cm³/mol. The lowest BCUT2D eigenvalue weighted by molar-refractivity contribution is 0.462. The van der Waals surface area contributed by atoms with Crippen molar-refractivity contribution < 1.29 is 13.0 Å². The van der Waals surface area contributed by atoms with Crippen molar-refractivity contribution in [2.45, 2.75) is 0 Å². The second-order valence-corrected chi connectivity index (χ2v) is 1.73. The van der Waals surface area contributed by atoms with E-state index in [0.29, 0.717) is 0 Å². The van der Waals surface area contributed by atoms with Crippen molar-refractivity contribution in [3.05, 3.63) is 0 Å². The maximum atomic E-state index is 9.42. The van der Waals surface area contributed by atoms with Gasteiger partial charge < -0.3 is 4.55 Å². The summed E-state index contributed by atoms with van der Waals surface area (Å²) in [5, 5.41) is 2.73. The Morgan fingerprint density at radius 2 is 2.00 bits per heavy atom. The standard InChI is InChI=1S/CH4N2O3S/c1-2-3-7(4,5)6/h1H3,(H,4,5,6)/p-1. The molecule has 0 aromatic carbocycles. The topological polar surface area (TPSA) is 81.9 Å². The molecule has 42 valence electrons. The predicted octanol–water partition coefficient (Wildman–Crippen LogP) is -0.471. The van der Waals surface area contributed by atoms with Gasteiger partial charge in [0, 0.05) is 7.05 Å². The van der Waals surface area contributed by atoms with Crippen LogP contribution in [0.2, 0.25) is 0 Å². The van der Waals surface area contributed by atoms with E-state index >= 15 is 0 Å². The van der Waals surface area contributed by atoms with Crippen LogP contribution in [-0.4, -0.2) is 20.0 Å². The first kappa shape index (κ1) is 6.51. The van der Waals surface area contributed by atoms with Gasteiger partial charge in [-0.3, -0.25) is 0 Å². The molecule has 6 heteroatoms. The van der Waals surface area contributed by atoms with Gasteiger partial charge in [-0.25, -0.2) is 8.42 Å². The second-order valence-electron chi connectivity index (χ2n) is 0.709. The highest BCUT2D eigenvalue weighted by Crippen LogP contribution is 1.80. The summed E-state index contributed by atoms with van der Waals surface area (Å²) in [6.07, 6.45) is 0. The molecule has 0 heterocycles. The Morgan fingerprint density at radius 3 is 2.00 bits per heavy atom. The molecule has 0 aliphatic heterocycles. The zero-order chi connectivity index (χ0) is 5.91. The zero-order valence-corrected chi connectivity index (χ0v) is 4.34. The first-order chi connectivity index (χ1) is 3.06. The maximum Gasteiger partial charge on any atom is 0.220 e. The molecule has 0 N–H and O–H groups in total. The van der Waals surface area contributed by atoms with Crippen LogP contribution in [0.3, 0.4) is 0 Å². The summed E-state index contributed by atoms with van der Waals surface area (Å²) in [6.45, 7) is 0. The first-order valence-electron chi connectivity index (χ1n) is 1.33. The van der Waals surface area contributed by atoms with Gasteiger partial charge in [-0.1, -0.05) is 4.52 Å². The minimum atomic E-state index is -4.47. The van der Waals surface area contributed by atoms with Crippen LogP contribution in [0.4, 0.5) is 0 Å². The molecule has 0 aromatic rings. The van der Waals surface area contributed by atoms with Crippen molar-refractivity contribution in [3.8, 4) is 0 Å². The zero-order valence-electron chi connectivity index (χ0n) is 3.53. The van der Waals surface area contributed by atoms with E-state index < -0.39 is 10.3 Å². The largest absolute Gasteiger partial charge is 0.728 e. The summed E-state index contributed by atoms with van der Waals surface area (Å²) in [6, 6.07) is 0. The third-order valence-corrected chi connectivity index (χ3v) is 0.545. The van der Waals surface area contributed by atoms with Crippen LogP contribution in [0.1, 0.15) is 0 Å². The Kier molecular flexibility index (Phi) is 1.85. The lowest BCUT2D eigenvalue weighted by atomic mass is 11.6. The third kappa shape index (κ3) is 5.51. The van der Waals surface area contributed by atoms with Gasteiger partial charge in [0.15, 0.2) is 0 Å². The Bertz CT molecular complexity index is 156. The molecule has 0 fully saturated rings. The van der Waals surface area contributed by atoms with Crippen LogP contribution in [-0.2, 0) is 10.3 Å². The number of nitrogens with zero attached hydrogens (tertiary/aromatic N) is 2. The van der Waals surface area contributed by atoms with Crippen LogP contribution in [0.5, 0.6) is 0 Å². The van der Waals surface area contributed by atoms with Crippen LogP contribution in [0.25, 0.3) is 0 Å². The van der Waals surface area contributed by atoms with E-state index in [0.717, 1.165) is 7.05 Å². The van der Waals surface area contributed by atoms with E-state index in [1.54, 1.807) is 0 Å². The van der Waals surface area contributed by atoms with Crippen LogP contribution < -0.4 is 0 Å². The fourth-order valence-corrected chi connectivity index (χ4v) is 0.300. The van der Waals surface area contributed by atoms with Crippen molar-refractivity contribution in [1.29, 1.82) is 0 Å². The maximum absolute atomic E-state index is 9.42. The molecule has 0 radical (unpaired) electrons. The Morgan fingerprint density at radius 1 is 1.57 bits per heavy atom. The first-order valence-corrected chi connectivity index (χ1v) is 2.69. The van der Waals surface area contributed by atoms with E-state index in [1.807, 2.05) is 0 Å². The molecule has 5 nitrogen and oxygen atoms in total. The highest BCUT2D eigenvalue weighted by atomic mass is 32.2. The van der Waals surface area contributed by atoms with E-state index in [2.05, 4.69) is 9.63 Å². The van der Waals surface area contributed by atoms with Gasteiger partial charge in [0.25, 0.3) is 0 Å². The fraction of sp³-hybridized carbons (Fsp3) is 1.00. The Balaban J connectivity index is 4.13. The van der Waals surface area contributed by atoms with Gasteiger partial charge in [0.2, 0.25) is 10.3 Å². The Hall–Kier alpha value is -0.490. The average Bonchev–Trinajstić information content (AvgIpc) is 1.30. The number of rotatable bonds is 1. The Labute approximate surface area is 41.0 Å². The average molecular weight is 123 g/mol. The number of hydrogen-bond donors (Lipinski definition) is 0. The summed E-state index contributed by atoms with van der Waals surface area (Å²) in [7, 11) is -3.36. The summed E-state index contributed by atoms with van der Waals surface area (Å²) < 4.78 is 30.5. The highest BCUT2D eigenvalue weighted by molar-refractivity contribution is 7.84. The molecule has 0 aliphatic carbocycles. The molecule has 0 rings (SSSR count). The van der Waals surface area contributed by atoms with Crippen LogP contribution in [0.15, 0.2) is 9.63 Å². The van der Waals surface area contributed by atoms with E-state index in [4.69, 9.17) is 0 Å². The molecule has 0 bridgehead atoms.